The number of aromatic nitrogens is 1. The third-order valence-electron chi connectivity index (χ3n) is 4.39. The minimum Gasteiger partial charge on any atom is -0.491 e. The molecule has 0 saturated carbocycles. The number of amides is 1. The van der Waals surface area contributed by atoms with E-state index in [1.165, 1.54) is 22.3 Å². The molecule has 156 valence electrons. The first kappa shape index (κ1) is 21.6. The van der Waals surface area contributed by atoms with Crippen LogP contribution in [0.2, 0.25) is 0 Å². The largest absolute Gasteiger partial charge is 0.491 e. The first-order chi connectivity index (χ1) is 14.0. The molecule has 29 heavy (non-hydrogen) atoms. The summed E-state index contributed by atoms with van der Waals surface area (Å²) in [5, 5.41) is 3.44. The van der Waals surface area contributed by atoms with Gasteiger partial charge in [-0.1, -0.05) is 30.8 Å². The molecule has 1 aromatic heterocycles. The first-order valence-electron chi connectivity index (χ1n) is 9.61. The second-order valence-electron chi connectivity index (χ2n) is 6.62. The van der Waals surface area contributed by atoms with Crippen LogP contribution in [0.15, 0.2) is 52.5 Å². The zero-order chi connectivity index (χ0) is 20.7. The molecule has 0 aliphatic carbocycles. The molecule has 1 N–H and O–H groups in total. The third kappa shape index (κ3) is 5.71. The smallest absolute Gasteiger partial charge is 0.244 e. The van der Waals surface area contributed by atoms with Crippen LogP contribution in [-0.2, 0) is 14.8 Å². The van der Waals surface area contributed by atoms with Gasteiger partial charge in [-0.3, -0.25) is 4.79 Å². The van der Waals surface area contributed by atoms with Gasteiger partial charge in [-0.15, -0.1) is 0 Å². The quantitative estimate of drug-likeness (QED) is 0.608. The van der Waals surface area contributed by atoms with Gasteiger partial charge in [-0.2, -0.15) is 4.31 Å². The molecule has 0 bridgehead atoms. The SMILES string of the molecule is CCCOc1ccccc1NC(=O)CSc1ccc(S(=O)(=O)N2CCCC2)cn1. The fourth-order valence-corrected chi connectivity index (χ4v) is 5.02. The van der Waals surface area contributed by atoms with Crippen molar-refractivity contribution < 1.29 is 17.9 Å². The number of benzene rings is 1. The van der Waals surface area contributed by atoms with E-state index in [9.17, 15) is 13.2 Å². The molecule has 7 nitrogen and oxygen atoms in total. The summed E-state index contributed by atoms with van der Waals surface area (Å²) in [6.45, 7) is 3.72. The van der Waals surface area contributed by atoms with Crippen molar-refractivity contribution in [1.29, 1.82) is 0 Å². The maximum Gasteiger partial charge on any atom is 0.244 e. The van der Waals surface area contributed by atoms with Crippen molar-refractivity contribution in [3.05, 3.63) is 42.6 Å². The number of nitrogens with zero attached hydrogens (tertiary/aromatic N) is 2. The van der Waals surface area contributed by atoms with E-state index in [1.807, 2.05) is 25.1 Å². The Hall–Kier alpha value is -2.10. The molecule has 1 fully saturated rings. The summed E-state index contributed by atoms with van der Waals surface area (Å²) in [6, 6.07) is 10.5. The molecule has 2 aromatic rings. The van der Waals surface area contributed by atoms with Crippen LogP contribution >= 0.6 is 11.8 Å². The van der Waals surface area contributed by atoms with E-state index < -0.39 is 10.0 Å². The molecule has 1 amide bonds. The molecule has 0 radical (unpaired) electrons. The van der Waals surface area contributed by atoms with E-state index in [1.54, 1.807) is 18.2 Å². The summed E-state index contributed by atoms with van der Waals surface area (Å²) in [4.78, 5) is 16.7. The number of thioether (sulfide) groups is 1. The van der Waals surface area contributed by atoms with E-state index >= 15 is 0 Å². The number of nitrogens with one attached hydrogen (secondary N) is 1. The maximum absolute atomic E-state index is 12.5. The van der Waals surface area contributed by atoms with E-state index in [4.69, 9.17) is 4.74 Å². The van der Waals surface area contributed by atoms with Crippen LogP contribution in [0.4, 0.5) is 5.69 Å². The summed E-state index contributed by atoms with van der Waals surface area (Å²) in [5.41, 5.74) is 0.631. The molecular weight excluding hydrogens is 410 g/mol. The van der Waals surface area contributed by atoms with Crippen LogP contribution in [0.25, 0.3) is 0 Å². The van der Waals surface area contributed by atoms with Gasteiger partial charge in [0.05, 0.1) is 23.1 Å². The van der Waals surface area contributed by atoms with E-state index in [-0.39, 0.29) is 16.6 Å². The van der Waals surface area contributed by atoms with E-state index in [0.717, 1.165) is 19.3 Å². The first-order valence-corrected chi connectivity index (χ1v) is 12.0. The average Bonchev–Trinajstić information content (AvgIpc) is 3.28. The van der Waals surface area contributed by atoms with Gasteiger partial charge in [0.25, 0.3) is 0 Å². The lowest BCUT2D eigenvalue weighted by molar-refractivity contribution is -0.113. The Labute approximate surface area is 175 Å². The molecule has 1 aromatic carbocycles. The van der Waals surface area contributed by atoms with Crippen LogP contribution < -0.4 is 10.1 Å². The number of hydrogen-bond acceptors (Lipinski definition) is 6. The summed E-state index contributed by atoms with van der Waals surface area (Å²) in [5.74, 6) is 0.619. The summed E-state index contributed by atoms with van der Waals surface area (Å²) in [7, 11) is -3.47. The van der Waals surface area contributed by atoms with Crippen LogP contribution in [0, 0.1) is 0 Å². The number of pyridine rings is 1. The minimum atomic E-state index is -3.47. The number of ether oxygens (including phenoxy) is 1. The molecule has 1 saturated heterocycles. The molecule has 1 aliphatic heterocycles. The van der Waals surface area contributed by atoms with Gasteiger partial charge in [0.2, 0.25) is 15.9 Å². The molecular formula is C20H25N3O4S2. The zero-order valence-electron chi connectivity index (χ0n) is 16.3. The lowest BCUT2D eigenvalue weighted by Gasteiger charge is -2.15. The number of rotatable bonds is 9. The van der Waals surface area contributed by atoms with Crippen molar-refractivity contribution in [1.82, 2.24) is 9.29 Å². The Morgan fingerprint density at radius 1 is 1.21 bits per heavy atom. The Bertz CT molecular complexity index is 927. The highest BCUT2D eigenvalue weighted by Crippen LogP contribution is 2.25. The number of carbonyl (C=O) groups is 1. The summed E-state index contributed by atoms with van der Waals surface area (Å²) < 4.78 is 32.2. The van der Waals surface area contributed by atoms with Crippen LogP contribution in [0.3, 0.4) is 0 Å². The standard InChI is InChI=1S/C20H25N3O4S2/c1-2-13-27-18-8-4-3-7-17(18)22-19(24)15-28-20-10-9-16(14-21-20)29(25,26)23-11-5-6-12-23/h3-4,7-10,14H,2,5-6,11-13,15H2,1H3,(H,22,24). The lowest BCUT2D eigenvalue weighted by atomic mass is 10.3. The topological polar surface area (TPSA) is 88.6 Å². The number of para-hydroxylation sites is 2. The molecule has 2 heterocycles. The summed E-state index contributed by atoms with van der Waals surface area (Å²) in [6.07, 6.45) is 4.03. The molecule has 0 atom stereocenters. The average molecular weight is 436 g/mol. The van der Waals surface area contributed by atoms with Gasteiger partial charge in [-0.05, 0) is 43.5 Å². The van der Waals surface area contributed by atoms with Crippen LogP contribution in [0.1, 0.15) is 26.2 Å². The van der Waals surface area contributed by atoms with Gasteiger partial charge in [0.15, 0.2) is 0 Å². The van der Waals surface area contributed by atoms with Crippen molar-refractivity contribution >= 4 is 33.4 Å². The Morgan fingerprint density at radius 2 is 1.97 bits per heavy atom. The van der Waals surface area contributed by atoms with Gasteiger partial charge in [0.1, 0.15) is 10.6 Å². The van der Waals surface area contributed by atoms with E-state index in [2.05, 4.69) is 10.3 Å². The number of sulfonamides is 1. The Balaban J connectivity index is 1.56. The number of carbonyl (C=O) groups excluding carboxylic acids is 1. The van der Waals surface area contributed by atoms with Crippen molar-refractivity contribution in [3.8, 4) is 5.75 Å². The van der Waals surface area contributed by atoms with E-state index in [0.29, 0.717) is 36.2 Å². The normalized spacial score (nSPS) is 14.7. The lowest BCUT2D eigenvalue weighted by Crippen LogP contribution is -2.27. The Morgan fingerprint density at radius 3 is 2.66 bits per heavy atom. The second kappa shape index (κ2) is 10.1. The number of anilines is 1. The van der Waals surface area contributed by atoms with Crippen molar-refractivity contribution in [2.75, 3.05) is 30.8 Å². The second-order valence-corrected chi connectivity index (χ2v) is 9.56. The predicted octanol–water partition coefficient (Wildman–Crippen LogP) is 3.39. The molecule has 3 rings (SSSR count). The van der Waals surface area contributed by atoms with Crippen molar-refractivity contribution in [2.24, 2.45) is 0 Å². The number of hydrogen-bond donors (Lipinski definition) is 1. The van der Waals surface area contributed by atoms with Gasteiger partial charge < -0.3 is 10.1 Å². The minimum absolute atomic E-state index is 0.160. The highest BCUT2D eigenvalue weighted by atomic mass is 32.2. The van der Waals surface area contributed by atoms with Gasteiger partial charge in [0, 0.05) is 19.3 Å². The fraction of sp³-hybridized carbons (Fsp3) is 0.400. The highest BCUT2D eigenvalue weighted by molar-refractivity contribution is 7.99. The highest BCUT2D eigenvalue weighted by Gasteiger charge is 2.27. The molecule has 1 aliphatic rings. The fourth-order valence-electron chi connectivity index (χ4n) is 2.92. The zero-order valence-corrected chi connectivity index (χ0v) is 18.0. The van der Waals surface area contributed by atoms with Gasteiger partial charge in [-0.25, -0.2) is 13.4 Å². The molecule has 9 heteroatoms. The predicted molar refractivity (Wildman–Crippen MR) is 114 cm³/mol. The van der Waals surface area contributed by atoms with Crippen LogP contribution in [0.5, 0.6) is 5.75 Å². The third-order valence-corrected chi connectivity index (χ3v) is 7.21. The van der Waals surface area contributed by atoms with Crippen LogP contribution in [-0.4, -0.2) is 49.1 Å². The van der Waals surface area contributed by atoms with Gasteiger partial charge >= 0.3 is 0 Å². The monoisotopic (exact) mass is 435 g/mol. The maximum atomic E-state index is 12.5. The molecule has 0 spiro atoms. The Kier molecular flexibility index (Phi) is 7.51. The summed E-state index contributed by atoms with van der Waals surface area (Å²) >= 11 is 1.25. The van der Waals surface area contributed by atoms with Crippen molar-refractivity contribution in [2.45, 2.75) is 36.1 Å². The molecule has 0 unspecified atom stereocenters. The van der Waals surface area contributed by atoms with Crippen molar-refractivity contribution in [3.63, 3.8) is 0 Å².